The lowest BCUT2D eigenvalue weighted by molar-refractivity contribution is -0.0590. The predicted molar refractivity (Wildman–Crippen MR) is 74.3 cm³/mol. The standard InChI is InChI=1S/C15H21N3O/c1-11-2-3-15(16-4-11)18-7-12-5-17(6-13(12)8-18)14-9-19-10-14/h2-4,12-14H,5-10H2,1H3/t12-,13?/m0/s1. The minimum atomic E-state index is 0.705. The number of anilines is 1. The lowest BCUT2D eigenvalue weighted by atomic mass is 10.0. The van der Waals surface area contributed by atoms with Crippen LogP contribution >= 0.6 is 0 Å². The van der Waals surface area contributed by atoms with Crippen molar-refractivity contribution in [2.75, 3.05) is 44.3 Å². The van der Waals surface area contributed by atoms with Gasteiger partial charge in [0.25, 0.3) is 0 Å². The van der Waals surface area contributed by atoms with Crippen molar-refractivity contribution < 1.29 is 4.74 Å². The van der Waals surface area contributed by atoms with E-state index < -0.39 is 0 Å². The molecule has 0 spiro atoms. The number of pyridine rings is 1. The molecule has 3 saturated heterocycles. The molecule has 0 N–H and O–H groups in total. The monoisotopic (exact) mass is 259 g/mol. The van der Waals surface area contributed by atoms with E-state index in [1.807, 2.05) is 6.20 Å². The van der Waals surface area contributed by atoms with Gasteiger partial charge >= 0.3 is 0 Å². The van der Waals surface area contributed by atoms with Gasteiger partial charge in [-0.1, -0.05) is 6.07 Å². The first-order chi connectivity index (χ1) is 9.29. The van der Waals surface area contributed by atoms with Gasteiger partial charge in [-0.2, -0.15) is 0 Å². The number of rotatable bonds is 2. The number of fused-ring (bicyclic) bond motifs is 1. The Morgan fingerprint density at radius 2 is 1.84 bits per heavy atom. The lowest BCUT2D eigenvalue weighted by Gasteiger charge is -2.35. The van der Waals surface area contributed by atoms with Crippen molar-refractivity contribution in [3.8, 4) is 0 Å². The molecule has 4 rings (SSSR count). The van der Waals surface area contributed by atoms with Crippen LogP contribution in [0.15, 0.2) is 18.3 Å². The summed E-state index contributed by atoms with van der Waals surface area (Å²) < 4.78 is 5.31. The van der Waals surface area contributed by atoms with Gasteiger partial charge in [0.2, 0.25) is 0 Å². The molecule has 1 unspecified atom stereocenters. The summed E-state index contributed by atoms with van der Waals surface area (Å²) in [5.41, 5.74) is 1.24. The average molecular weight is 259 g/mol. The molecule has 2 atom stereocenters. The largest absolute Gasteiger partial charge is 0.378 e. The summed E-state index contributed by atoms with van der Waals surface area (Å²) in [6, 6.07) is 5.03. The summed E-state index contributed by atoms with van der Waals surface area (Å²) in [6.07, 6.45) is 1.97. The maximum atomic E-state index is 5.31. The van der Waals surface area contributed by atoms with Gasteiger partial charge < -0.3 is 9.64 Å². The Hall–Kier alpha value is -1.13. The maximum absolute atomic E-state index is 5.31. The number of nitrogens with zero attached hydrogens (tertiary/aromatic N) is 3. The molecule has 4 nitrogen and oxygen atoms in total. The van der Waals surface area contributed by atoms with Crippen molar-refractivity contribution in [2.45, 2.75) is 13.0 Å². The average Bonchev–Trinajstić information content (AvgIpc) is 2.85. The van der Waals surface area contributed by atoms with Gasteiger partial charge in [0, 0.05) is 32.4 Å². The molecule has 1 aromatic rings. The molecule has 3 aliphatic heterocycles. The molecular formula is C15H21N3O. The van der Waals surface area contributed by atoms with Crippen molar-refractivity contribution in [1.29, 1.82) is 0 Å². The number of likely N-dealkylation sites (tertiary alicyclic amines) is 1. The molecule has 0 aromatic carbocycles. The minimum absolute atomic E-state index is 0.705. The highest BCUT2D eigenvalue weighted by Crippen LogP contribution is 2.34. The summed E-state index contributed by atoms with van der Waals surface area (Å²) >= 11 is 0. The molecular weight excluding hydrogens is 238 g/mol. The Morgan fingerprint density at radius 3 is 2.37 bits per heavy atom. The number of ether oxygens (including phenoxy) is 1. The van der Waals surface area contributed by atoms with E-state index in [9.17, 15) is 0 Å². The predicted octanol–water partition coefficient (Wildman–Crippen LogP) is 1.16. The van der Waals surface area contributed by atoms with Crippen LogP contribution in [0.4, 0.5) is 5.82 Å². The van der Waals surface area contributed by atoms with Crippen molar-refractivity contribution in [2.24, 2.45) is 11.8 Å². The summed E-state index contributed by atoms with van der Waals surface area (Å²) in [4.78, 5) is 9.66. The highest BCUT2D eigenvalue weighted by atomic mass is 16.5. The first-order valence-electron chi connectivity index (χ1n) is 7.29. The van der Waals surface area contributed by atoms with Gasteiger partial charge in [0.05, 0.1) is 19.3 Å². The van der Waals surface area contributed by atoms with E-state index in [1.165, 1.54) is 31.7 Å². The molecule has 3 aliphatic rings. The molecule has 0 saturated carbocycles. The van der Waals surface area contributed by atoms with E-state index in [1.54, 1.807) is 0 Å². The zero-order valence-electron chi connectivity index (χ0n) is 11.5. The molecule has 3 fully saturated rings. The molecule has 19 heavy (non-hydrogen) atoms. The zero-order chi connectivity index (χ0) is 12.8. The minimum Gasteiger partial charge on any atom is -0.378 e. The molecule has 102 valence electrons. The van der Waals surface area contributed by atoms with Gasteiger partial charge in [-0.25, -0.2) is 4.98 Å². The Kier molecular flexibility index (Phi) is 2.74. The third-order valence-corrected chi connectivity index (χ3v) is 4.87. The third kappa shape index (κ3) is 2.03. The van der Waals surface area contributed by atoms with Gasteiger partial charge in [-0.3, -0.25) is 4.90 Å². The molecule has 0 radical (unpaired) electrons. The number of hydrogen-bond acceptors (Lipinski definition) is 4. The van der Waals surface area contributed by atoms with Crippen LogP contribution in [0.2, 0.25) is 0 Å². The Bertz CT molecular complexity index is 443. The van der Waals surface area contributed by atoms with E-state index in [0.29, 0.717) is 6.04 Å². The van der Waals surface area contributed by atoms with Gasteiger partial charge in [-0.15, -0.1) is 0 Å². The quantitative estimate of drug-likeness (QED) is 0.797. The SMILES string of the molecule is Cc1ccc(N2CC3CN(C4COC4)C[C@H]3C2)nc1. The summed E-state index contributed by atoms with van der Waals surface area (Å²) in [7, 11) is 0. The fraction of sp³-hybridized carbons (Fsp3) is 0.667. The second-order valence-electron chi connectivity index (χ2n) is 6.26. The van der Waals surface area contributed by atoms with Crippen LogP contribution in [-0.2, 0) is 4.74 Å². The first-order valence-corrected chi connectivity index (χ1v) is 7.29. The zero-order valence-corrected chi connectivity index (χ0v) is 11.5. The van der Waals surface area contributed by atoms with Gasteiger partial charge in [0.1, 0.15) is 5.82 Å². The maximum Gasteiger partial charge on any atom is 0.128 e. The molecule has 0 aliphatic carbocycles. The van der Waals surface area contributed by atoms with Crippen LogP contribution in [-0.4, -0.2) is 55.3 Å². The lowest BCUT2D eigenvalue weighted by Crippen LogP contribution is -2.48. The van der Waals surface area contributed by atoms with Crippen LogP contribution in [0.1, 0.15) is 5.56 Å². The van der Waals surface area contributed by atoms with E-state index in [0.717, 1.165) is 30.9 Å². The van der Waals surface area contributed by atoms with Crippen molar-refractivity contribution >= 4 is 5.82 Å². The van der Waals surface area contributed by atoms with E-state index in [4.69, 9.17) is 4.74 Å². The first kappa shape index (κ1) is 11.7. The van der Waals surface area contributed by atoms with Crippen molar-refractivity contribution in [3.63, 3.8) is 0 Å². The van der Waals surface area contributed by atoms with Crippen LogP contribution in [0.25, 0.3) is 0 Å². The normalized spacial score (nSPS) is 31.5. The van der Waals surface area contributed by atoms with Crippen LogP contribution in [0.5, 0.6) is 0 Å². The summed E-state index contributed by atoms with van der Waals surface area (Å²) in [5, 5.41) is 0. The summed E-state index contributed by atoms with van der Waals surface area (Å²) in [6.45, 7) is 8.83. The van der Waals surface area contributed by atoms with E-state index in [-0.39, 0.29) is 0 Å². The highest BCUT2D eigenvalue weighted by molar-refractivity contribution is 5.41. The van der Waals surface area contributed by atoms with E-state index in [2.05, 4.69) is 33.8 Å². The van der Waals surface area contributed by atoms with Crippen molar-refractivity contribution in [3.05, 3.63) is 23.9 Å². The number of aromatic nitrogens is 1. The fourth-order valence-corrected chi connectivity index (χ4v) is 3.60. The Morgan fingerprint density at radius 1 is 1.11 bits per heavy atom. The molecule has 0 bridgehead atoms. The van der Waals surface area contributed by atoms with Crippen molar-refractivity contribution in [1.82, 2.24) is 9.88 Å². The highest BCUT2D eigenvalue weighted by Gasteiger charge is 2.43. The van der Waals surface area contributed by atoms with Gasteiger partial charge in [0.15, 0.2) is 0 Å². The summed E-state index contributed by atoms with van der Waals surface area (Å²) in [5.74, 6) is 2.80. The third-order valence-electron chi connectivity index (χ3n) is 4.87. The van der Waals surface area contributed by atoms with Gasteiger partial charge in [-0.05, 0) is 30.4 Å². The molecule has 0 amide bonds. The smallest absolute Gasteiger partial charge is 0.128 e. The van der Waals surface area contributed by atoms with Crippen LogP contribution < -0.4 is 4.90 Å². The number of aryl methyl sites for hydroxylation is 1. The fourth-order valence-electron chi connectivity index (χ4n) is 3.60. The van der Waals surface area contributed by atoms with Crippen LogP contribution in [0, 0.1) is 18.8 Å². The van der Waals surface area contributed by atoms with Crippen LogP contribution in [0.3, 0.4) is 0 Å². The Balaban J connectivity index is 1.41. The second-order valence-corrected chi connectivity index (χ2v) is 6.26. The molecule has 4 heterocycles. The topological polar surface area (TPSA) is 28.6 Å². The second kappa shape index (κ2) is 4.46. The molecule has 1 aromatic heterocycles. The Labute approximate surface area is 114 Å². The number of hydrogen-bond donors (Lipinski definition) is 0. The molecule has 4 heteroatoms. The van der Waals surface area contributed by atoms with E-state index >= 15 is 0 Å².